The lowest BCUT2D eigenvalue weighted by Crippen LogP contribution is -2.35. The first-order valence-electron chi connectivity index (χ1n) is 6.67. The number of hydrogen-bond donors (Lipinski definition) is 1. The first-order valence-corrected chi connectivity index (χ1v) is 7.55. The minimum atomic E-state index is 0.539. The van der Waals surface area contributed by atoms with Crippen LogP contribution in [0.1, 0.15) is 44.3 Å². The van der Waals surface area contributed by atoms with Crippen LogP contribution in [0.15, 0.2) is 5.38 Å². The molecule has 1 heterocycles. The van der Waals surface area contributed by atoms with E-state index in [0.29, 0.717) is 11.5 Å². The Labute approximate surface area is 109 Å². The maximum absolute atomic E-state index is 4.60. The van der Waals surface area contributed by atoms with Crippen LogP contribution in [0, 0.1) is 18.3 Å². The molecule has 17 heavy (non-hydrogen) atoms. The lowest BCUT2D eigenvalue weighted by Gasteiger charge is -2.19. The first kappa shape index (κ1) is 13.0. The monoisotopic (exact) mass is 252 g/mol. The Morgan fingerprint density at radius 1 is 1.59 bits per heavy atom. The zero-order valence-corrected chi connectivity index (χ0v) is 12.2. The van der Waals surface area contributed by atoms with E-state index in [1.807, 2.05) is 0 Å². The maximum Gasteiger partial charge on any atom is 0.0943 e. The zero-order chi connectivity index (χ0) is 12.5. The molecular weight excluding hydrogens is 228 g/mol. The number of thiazole rings is 1. The van der Waals surface area contributed by atoms with Gasteiger partial charge in [-0.15, -0.1) is 11.3 Å². The van der Waals surface area contributed by atoms with E-state index in [-0.39, 0.29) is 0 Å². The normalized spacial score (nSPS) is 23.6. The van der Waals surface area contributed by atoms with Gasteiger partial charge < -0.3 is 5.32 Å². The highest BCUT2D eigenvalue weighted by Gasteiger charge is 2.49. The van der Waals surface area contributed by atoms with Crippen molar-refractivity contribution in [1.82, 2.24) is 10.3 Å². The molecule has 3 heteroatoms. The maximum atomic E-state index is 4.60. The van der Waals surface area contributed by atoms with Crippen LogP contribution in [0.25, 0.3) is 0 Å². The van der Waals surface area contributed by atoms with Crippen molar-refractivity contribution in [2.75, 3.05) is 6.54 Å². The third-order valence-electron chi connectivity index (χ3n) is 3.79. The third kappa shape index (κ3) is 3.29. The Morgan fingerprint density at radius 3 is 2.76 bits per heavy atom. The van der Waals surface area contributed by atoms with E-state index in [9.17, 15) is 0 Å². The summed E-state index contributed by atoms with van der Waals surface area (Å²) in [4.78, 5) is 4.60. The van der Waals surface area contributed by atoms with Gasteiger partial charge in [-0.3, -0.25) is 0 Å². The van der Waals surface area contributed by atoms with Crippen LogP contribution < -0.4 is 5.32 Å². The van der Waals surface area contributed by atoms with Gasteiger partial charge in [0.15, 0.2) is 0 Å². The van der Waals surface area contributed by atoms with Crippen molar-refractivity contribution < 1.29 is 0 Å². The number of nitrogens with one attached hydrogen (secondary N) is 1. The van der Waals surface area contributed by atoms with E-state index in [1.165, 1.54) is 17.8 Å². The Balaban J connectivity index is 1.96. The summed E-state index contributed by atoms with van der Waals surface area (Å²) in [6, 6.07) is 0.621. The molecule has 1 aromatic heterocycles. The van der Waals surface area contributed by atoms with Crippen LogP contribution in [0.3, 0.4) is 0 Å². The SMILES string of the molecule is CCCNC(Cc1nc(C)cs1)C1CC1(C)C. The molecule has 0 radical (unpaired) electrons. The smallest absolute Gasteiger partial charge is 0.0943 e. The average Bonchev–Trinajstić information content (AvgIpc) is 2.69. The molecule has 1 N–H and O–H groups in total. The highest BCUT2D eigenvalue weighted by Crippen LogP contribution is 2.54. The van der Waals surface area contributed by atoms with Gasteiger partial charge in [-0.05, 0) is 37.6 Å². The lowest BCUT2D eigenvalue weighted by molar-refractivity contribution is 0.402. The van der Waals surface area contributed by atoms with Gasteiger partial charge in [-0.25, -0.2) is 4.98 Å². The van der Waals surface area contributed by atoms with Crippen LogP contribution in [-0.4, -0.2) is 17.6 Å². The molecule has 0 spiro atoms. The van der Waals surface area contributed by atoms with Crippen molar-refractivity contribution in [2.24, 2.45) is 11.3 Å². The van der Waals surface area contributed by atoms with Crippen LogP contribution >= 0.6 is 11.3 Å². The number of aromatic nitrogens is 1. The quantitative estimate of drug-likeness (QED) is 0.839. The molecule has 0 amide bonds. The van der Waals surface area contributed by atoms with E-state index in [1.54, 1.807) is 11.3 Å². The highest BCUT2D eigenvalue weighted by atomic mass is 32.1. The fourth-order valence-electron chi connectivity index (χ4n) is 2.57. The summed E-state index contributed by atoms with van der Waals surface area (Å²) >= 11 is 1.81. The van der Waals surface area contributed by atoms with E-state index < -0.39 is 0 Å². The van der Waals surface area contributed by atoms with Gasteiger partial charge >= 0.3 is 0 Å². The number of hydrogen-bond acceptors (Lipinski definition) is 3. The van der Waals surface area contributed by atoms with Crippen LogP contribution in [0.2, 0.25) is 0 Å². The molecule has 0 saturated heterocycles. The minimum absolute atomic E-state index is 0.539. The number of nitrogens with zero attached hydrogens (tertiary/aromatic N) is 1. The van der Waals surface area contributed by atoms with E-state index in [4.69, 9.17) is 0 Å². The lowest BCUT2D eigenvalue weighted by atomic mass is 10.0. The van der Waals surface area contributed by atoms with Gasteiger partial charge in [-0.2, -0.15) is 0 Å². The van der Waals surface area contributed by atoms with Crippen molar-refractivity contribution >= 4 is 11.3 Å². The molecule has 1 saturated carbocycles. The predicted octanol–water partition coefficient (Wildman–Crippen LogP) is 3.41. The molecule has 1 aliphatic carbocycles. The summed E-state index contributed by atoms with van der Waals surface area (Å²) in [5, 5.41) is 7.16. The Morgan fingerprint density at radius 2 is 2.29 bits per heavy atom. The second kappa shape index (κ2) is 5.07. The second-order valence-corrected chi connectivity index (χ2v) is 6.89. The van der Waals surface area contributed by atoms with Crippen molar-refractivity contribution in [3.8, 4) is 0 Å². The van der Waals surface area contributed by atoms with Gasteiger partial charge in [0.25, 0.3) is 0 Å². The van der Waals surface area contributed by atoms with Crippen LogP contribution in [0.5, 0.6) is 0 Å². The van der Waals surface area contributed by atoms with Crippen molar-refractivity contribution in [3.05, 3.63) is 16.1 Å². The van der Waals surface area contributed by atoms with E-state index in [0.717, 1.165) is 24.6 Å². The predicted molar refractivity (Wildman–Crippen MR) is 74.5 cm³/mol. The summed E-state index contributed by atoms with van der Waals surface area (Å²) in [5.74, 6) is 0.832. The molecule has 2 unspecified atom stereocenters. The Bertz CT molecular complexity index is 370. The molecule has 1 aromatic rings. The van der Waals surface area contributed by atoms with Crippen LogP contribution in [0.4, 0.5) is 0 Å². The average molecular weight is 252 g/mol. The molecule has 0 aromatic carbocycles. The Kier molecular flexibility index (Phi) is 3.88. The van der Waals surface area contributed by atoms with Gasteiger partial charge in [0, 0.05) is 23.5 Å². The van der Waals surface area contributed by atoms with Gasteiger partial charge in [-0.1, -0.05) is 20.8 Å². The molecule has 0 aliphatic heterocycles. The van der Waals surface area contributed by atoms with Gasteiger partial charge in [0.05, 0.1) is 5.01 Å². The van der Waals surface area contributed by atoms with Crippen molar-refractivity contribution in [3.63, 3.8) is 0 Å². The summed E-state index contributed by atoms with van der Waals surface area (Å²) in [7, 11) is 0. The Hall–Kier alpha value is -0.410. The summed E-state index contributed by atoms with van der Waals surface area (Å²) in [6.45, 7) is 10.2. The largest absolute Gasteiger partial charge is 0.313 e. The second-order valence-electron chi connectivity index (χ2n) is 5.95. The molecule has 96 valence electrons. The number of aryl methyl sites for hydroxylation is 1. The molecule has 2 rings (SSSR count). The van der Waals surface area contributed by atoms with Gasteiger partial charge in [0.1, 0.15) is 0 Å². The molecule has 2 nitrogen and oxygen atoms in total. The summed E-state index contributed by atoms with van der Waals surface area (Å²) < 4.78 is 0. The van der Waals surface area contributed by atoms with Crippen molar-refractivity contribution in [2.45, 2.75) is 53.0 Å². The standard InChI is InChI=1S/C14H24N2S/c1-5-6-15-12(11-8-14(11,3)4)7-13-16-10(2)9-17-13/h9,11-12,15H,5-8H2,1-4H3. The molecule has 0 bridgehead atoms. The van der Waals surface area contributed by atoms with Gasteiger partial charge in [0.2, 0.25) is 0 Å². The topological polar surface area (TPSA) is 24.9 Å². The van der Waals surface area contributed by atoms with Crippen molar-refractivity contribution in [1.29, 1.82) is 0 Å². The van der Waals surface area contributed by atoms with E-state index in [2.05, 4.69) is 43.4 Å². The minimum Gasteiger partial charge on any atom is -0.313 e. The molecule has 1 fully saturated rings. The third-order valence-corrected chi connectivity index (χ3v) is 4.78. The molecular formula is C14H24N2S. The molecule has 2 atom stereocenters. The number of rotatable bonds is 6. The zero-order valence-electron chi connectivity index (χ0n) is 11.4. The highest BCUT2D eigenvalue weighted by molar-refractivity contribution is 7.09. The van der Waals surface area contributed by atoms with Crippen LogP contribution in [-0.2, 0) is 6.42 Å². The fourth-order valence-corrected chi connectivity index (χ4v) is 3.40. The fraction of sp³-hybridized carbons (Fsp3) is 0.786. The first-order chi connectivity index (χ1) is 8.03. The summed E-state index contributed by atoms with van der Waals surface area (Å²) in [5.41, 5.74) is 1.70. The molecule has 1 aliphatic rings. The van der Waals surface area contributed by atoms with E-state index >= 15 is 0 Å². The summed E-state index contributed by atoms with van der Waals surface area (Å²) in [6.07, 6.45) is 3.67.